The zero-order valence-electron chi connectivity index (χ0n) is 17.7. The molecule has 0 saturated heterocycles. The van der Waals surface area contributed by atoms with Gasteiger partial charge in [-0.05, 0) is 18.4 Å². The summed E-state index contributed by atoms with van der Waals surface area (Å²) in [6, 6.07) is 10.9. The molecule has 8 heteroatoms. The summed E-state index contributed by atoms with van der Waals surface area (Å²) < 4.78 is 1.75. The van der Waals surface area contributed by atoms with Crippen LogP contribution in [-0.4, -0.2) is 52.4 Å². The van der Waals surface area contributed by atoms with Crippen LogP contribution >= 0.6 is 0 Å². The van der Waals surface area contributed by atoms with Crippen LogP contribution < -0.4 is 16.0 Å². The molecule has 30 heavy (non-hydrogen) atoms. The molecule has 0 bridgehead atoms. The van der Waals surface area contributed by atoms with Crippen molar-refractivity contribution in [2.24, 2.45) is 12.0 Å². The van der Waals surface area contributed by atoms with E-state index in [4.69, 9.17) is 0 Å². The van der Waals surface area contributed by atoms with E-state index >= 15 is 0 Å². The zero-order valence-corrected chi connectivity index (χ0v) is 17.7. The summed E-state index contributed by atoms with van der Waals surface area (Å²) in [6.45, 7) is 2.33. The maximum absolute atomic E-state index is 4.40. The summed E-state index contributed by atoms with van der Waals surface area (Å²) in [5.41, 5.74) is 2.45. The summed E-state index contributed by atoms with van der Waals surface area (Å²) in [5.74, 6) is 1.63. The fourth-order valence-corrected chi connectivity index (χ4v) is 4.35. The largest absolute Gasteiger partial charge is 0.368 e. The minimum atomic E-state index is 0.198. The molecule has 1 saturated carbocycles. The first kappa shape index (κ1) is 20.1. The number of nitrogens with zero attached hydrogens (tertiary/aromatic N) is 5. The molecular formula is C22H30N8. The van der Waals surface area contributed by atoms with E-state index in [0.29, 0.717) is 6.54 Å². The predicted octanol–water partition coefficient (Wildman–Crippen LogP) is 2.45. The van der Waals surface area contributed by atoms with Crippen molar-refractivity contribution in [2.45, 2.75) is 31.1 Å². The normalized spacial score (nSPS) is 16.0. The summed E-state index contributed by atoms with van der Waals surface area (Å²) in [5, 5.41) is 15.5. The SMILES string of the molecule is CN=C(NCCNc1ncnc2c1cnn2C)NCC1(c2ccccc2)CCCC1. The van der Waals surface area contributed by atoms with Gasteiger partial charge in [0.05, 0.1) is 11.6 Å². The van der Waals surface area contributed by atoms with Gasteiger partial charge in [-0.3, -0.25) is 9.67 Å². The third-order valence-corrected chi connectivity index (χ3v) is 6.00. The van der Waals surface area contributed by atoms with Gasteiger partial charge in [0.1, 0.15) is 12.1 Å². The molecule has 0 radical (unpaired) electrons. The fourth-order valence-electron chi connectivity index (χ4n) is 4.35. The van der Waals surface area contributed by atoms with E-state index in [1.54, 1.807) is 17.2 Å². The zero-order chi connectivity index (χ0) is 20.8. The molecule has 0 unspecified atom stereocenters. The highest BCUT2D eigenvalue weighted by Gasteiger charge is 2.35. The molecule has 2 aromatic heterocycles. The Labute approximate surface area is 177 Å². The van der Waals surface area contributed by atoms with Gasteiger partial charge in [0.2, 0.25) is 0 Å². The van der Waals surface area contributed by atoms with Crippen LogP contribution in [0.2, 0.25) is 0 Å². The Morgan fingerprint density at radius 1 is 1.10 bits per heavy atom. The lowest BCUT2D eigenvalue weighted by Gasteiger charge is -2.30. The highest BCUT2D eigenvalue weighted by atomic mass is 15.3. The third-order valence-electron chi connectivity index (χ3n) is 6.00. The highest BCUT2D eigenvalue weighted by molar-refractivity contribution is 5.86. The summed E-state index contributed by atoms with van der Waals surface area (Å²) >= 11 is 0. The van der Waals surface area contributed by atoms with Crippen LogP contribution in [0.5, 0.6) is 0 Å². The number of aliphatic imine (C=N–C) groups is 1. The Balaban J connectivity index is 1.30. The van der Waals surface area contributed by atoms with E-state index in [9.17, 15) is 0 Å². The second-order valence-corrected chi connectivity index (χ2v) is 7.86. The summed E-state index contributed by atoms with van der Waals surface area (Å²) in [4.78, 5) is 13.0. The number of aryl methyl sites for hydroxylation is 1. The molecule has 2 heterocycles. The lowest BCUT2D eigenvalue weighted by Crippen LogP contribution is -2.45. The molecule has 1 aromatic carbocycles. The number of benzene rings is 1. The fraction of sp³-hybridized carbons (Fsp3) is 0.455. The maximum Gasteiger partial charge on any atom is 0.191 e. The first-order valence-electron chi connectivity index (χ1n) is 10.6. The Hall–Kier alpha value is -3.16. The number of anilines is 1. The van der Waals surface area contributed by atoms with Crippen molar-refractivity contribution in [3.05, 3.63) is 48.4 Å². The van der Waals surface area contributed by atoms with Crippen molar-refractivity contribution >= 4 is 22.8 Å². The second kappa shape index (κ2) is 9.11. The molecule has 3 N–H and O–H groups in total. The van der Waals surface area contributed by atoms with E-state index in [1.165, 1.54) is 31.2 Å². The van der Waals surface area contributed by atoms with Crippen molar-refractivity contribution in [3.8, 4) is 0 Å². The average molecular weight is 407 g/mol. The Morgan fingerprint density at radius 3 is 2.67 bits per heavy atom. The van der Waals surface area contributed by atoms with E-state index < -0.39 is 0 Å². The molecule has 3 aromatic rings. The van der Waals surface area contributed by atoms with Crippen LogP contribution in [0.1, 0.15) is 31.2 Å². The number of nitrogens with one attached hydrogen (secondary N) is 3. The Morgan fingerprint density at radius 2 is 1.90 bits per heavy atom. The maximum atomic E-state index is 4.40. The average Bonchev–Trinajstić information content (AvgIpc) is 3.42. The van der Waals surface area contributed by atoms with Gasteiger partial charge in [-0.25, -0.2) is 9.97 Å². The molecule has 0 amide bonds. The van der Waals surface area contributed by atoms with Gasteiger partial charge in [-0.2, -0.15) is 5.10 Å². The van der Waals surface area contributed by atoms with Crippen molar-refractivity contribution in [3.63, 3.8) is 0 Å². The molecular weight excluding hydrogens is 376 g/mol. The Kier molecular flexibility index (Phi) is 6.11. The van der Waals surface area contributed by atoms with Crippen molar-refractivity contribution in [2.75, 3.05) is 32.0 Å². The highest BCUT2D eigenvalue weighted by Crippen LogP contribution is 2.40. The molecule has 1 aliphatic carbocycles. The number of rotatable bonds is 7. The van der Waals surface area contributed by atoms with E-state index in [0.717, 1.165) is 35.9 Å². The topological polar surface area (TPSA) is 92.1 Å². The van der Waals surface area contributed by atoms with Crippen LogP contribution in [0.15, 0.2) is 47.8 Å². The monoisotopic (exact) mass is 406 g/mol. The molecule has 1 aliphatic rings. The molecule has 8 nitrogen and oxygen atoms in total. The van der Waals surface area contributed by atoms with E-state index in [-0.39, 0.29) is 5.41 Å². The standard InChI is InChI=1S/C22H30N8/c1-23-21(26-15-22(10-6-7-11-22)17-8-4-3-5-9-17)25-13-12-24-19-18-14-29-30(2)20(18)28-16-27-19/h3-5,8-9,14,16H,6-7,10-13,15H2,1-2H3,(H2,23,25,26)(H,24,27,28). The van der Waals surface area contributed by atoms with E-state index in [1.807, 2.05) is 14.1 Å². The van der Waals surface area contributed by atoms with Gasteiger partial charge < -0.3 is 16.0 Å². The number of hydrogen-bond donors (Lipinski definition) is 3. The van der Waals surface area contributed by atoms with Gasteiger partial charge in [0, 0.05) is 39.1 Å². The summed E-state index contributed by atoms with van der Waals surface area (Å²) in [7, 11) is 3.69. The minimum absolute atomic E-state index is 0.198. The van der Waals surface area contributed by atoms with Gasteiger partial charge >= 0.3 is 0 Å². The van der Waals surface area contributed by atoms with Crippen LogP contribution in [-0.2, 0) is 12.5 Å². The number of fused-ring (bicyclic) bond motifs is 1. The quantitative estimate of drug-likeness (QED) is 0.317. The molecule has 4 rings (SSSR count). The minimum Gasteiger partial charge on any atom is -0.368 e. The van der Waals surface area contributed by atoms with Crippen molar-refractivity contribution in [1.82, 2.24) is 30.4 Å². The van der Waals surface area contributed by atoms with Gasteiger partial charge in [-0.1, -0.05) is 43.2 Å². The van der Waals surface area contributed by atoms with Crippen molar-refractivity contribution in [1.29, 1.82) is 0 Å². The molecule has 1 fully saturated rings. The first-order chi connectivity index (χ1) is 14.7. The lowest BCUT2D eigenvalue weighted by atomic mass is 9.79. The lowest BCUT2D eigenvalue weighted by molar-refractivity contribution is 0.432. The number of hydrogen-bond acceptors (Lipinski definition) is 5. The van der Waals surface area contributed by atoms with Gasteiger partial charge in [-0.15, -0.1) is 0 Å². The Bertz CT molecular complexity index is 989. The van der Waals surface area contributed by atoms with Gasteiger partial charge in [0.25, 0.3) is 0 Å². The number of guanidine groups is 1. The second-order valence-electron chi connectivity index (χ2n) is 7.86. The van der Waals surface area contributed by atoms with Crippen LogP contribution in [0.25, 0.3) is 11.0 Å². The molecule has 0 spiro atoms. The molecule has 158 valence electrons. The predicted molar refractivity (Wildman–Crippen MR) is 121 cm³/mol. The van der Waals surface area contributed by atoms with E-state index in [2.05, 4.69) is 66.3 Å². The van der Waals surface area contributed by atoms with Gasteiger partial charge in [0.15, 0.2) is 11.6 Å². The van der Waals surface area contributed by atoms with Crippen molar-refractivity contribution < 1.29 is 0 Å². The third kappa shape index (κ3) is 4.22. The number of aromatic nitrogens is 4. The smallest absolute Gasteiger partial charge is 0.191 e. The molecule has 0 aliphatic heterocycles. The van der Waals surface area contributed by atoms with Crippen LogP contribution in [0.3, 0.4) is 0 Å². The summed E-state index contributed by atoms with van der Waals surface area (Å²) in [6.07, 6.45) is 8.36. The van der Waals surface area contributed by atoms with Crippen LogP contribution in [0.4, 0.5) is 5.82 Å². The first-order valence-corrected chi connectivity index (χ1v) is 10.6. The molecule has 0 atom stereocenters. The van der Waals surface area contributed by atoms with Crippen LogP contribution in [0, 0.1) is 0 Å².